The Morgan fingerprint density at radius 1 is 1.45 bits per heavy atom. The molecule has 1 atom stereocenters. The summed E-state index contributed by atoms with van der Waals surface area (Å²) in [7, 11) is 1.69. The normalized spacial score (nSPS) is 17.9. The third-order valence-electron chi connectivity index (χ3n) is 2.94. The maximum absolute atomic E-state index is 12.1. The molecule has 0 spiro atoms. The van der Waals surface area contributed by atoms with Gasteiger partial charge in [-0.3, -0.25) is 9.59 Å². The van der Waals surface area contributed by atoms with Gasteiger partial charge in [-0.25, -0.2) is 4.98 Å². The SMILES string of the molecule is CNc1nc(C(N)=O)c(NC(=O)[C@@H]2CCCCN2)s1.Cl. The molecule has 1 fully saturated rings. The fourth-order valence-corrected chi connectivity index (χ4v) is 2.78. The number of primary amides is 1. The van der Waals surface area contributed by atoms with Gasteiger partial charge in [0.05, 0.1) is 6.04 Å². The minimum absolute atomic E-state index is 0. The lowest BCUT2D eigenvalue weighted by atomic mass is 10.0. The molecule has 2 amide bonds. The van der Waals surface area contributed by atoms with Crippen LogP contribution in [0.25, 0.3) is 0 Å². The van der Waals surface area contributed by atoms with Crippen LogP contribution in [0.4, 0.5) is 10.1 Å². The van der Waals surface area contributed by atoms with Gasteiger partial charge in [-0.15, -0.1) is 12.4 Å². The smallest absolute Gasteiger partial charge is 0.270 e. The van der Waals surface area contributed by atoms with E-state index in [2.05, 4.69) is 20.9 Å². The summed E-state index contributed by atoms with van der Waals surface area (Å²) in [6, 6.07) is -0.213. The van der Waals surface area contributed by atoms with Crippen LogP contribution in [0.15, 0.2) is 0 Å². The predicted molar refractivity (Wildman–Crippen MR) is 81.7 cm³/mol. The molecule has 1 aliphatic heterocycles. The van der Waals surface area contributed by atoms with Gasteiger partial charge >= 0.3 is 0 Å². The molecule has 2 heterocycles. The summed E-state index contributed by atoms with van der Waals surface area (Å²) < 4.78 is 0. The first-order chi connectivity index (χ1) is 9.11. The van der Waals surface area contributed by atoms with Crippen molar-refractivity contribution in [1.82, 2.24) is 10.3 Å². The van der Waals surface area contributed by atoms with E-state index in [9.17, 15) is 9.59 Å². The largest absolute Gasteiger partial charge is 0.365 e. The molecule has 1 saturated heterocycles. The van der Waals surface area contributed by atoms with Gasteiger partial charge in [0.1, 0.15) is 5.00 Å². The highest BCUT2D eigenvalue weighted by Crippen LogP contribution is 2.28. The van der Waals surface area contributed by atoms with Gasteiger partial charge in [0.15, 0.2) is 10.8 Å². The van der Waals surface area contributed by atoms with Crippen molar-refractivity contribution in [3.63, 3.8) is 0 Å². The van der Waals surface area contributed by atoms with Crippen molar-refractivity contribution in [2.75, 3.05) is 24.2 Å². The first-order valence-corrected chi connectivity index (χ1v) is 6.96. The number of anilines is 2. The lowest BCUT2D eigenvalue weighted by Gasteiger charge is -2.22. The first-order valence-electron chi connectivity index (χ1n) is 6.14. The van der Waals surface area contributed by atoms with Crippen molar-refractivity contribution in [3.8, 4) is 0 Å². The third kappa shape index (κ3) is 3.81. The molecular formula is C11H18ClN5O2S. The van der Waals surface area contributed by atoms with Gasteiger partial charge in [0.2, 0.25) is 5.91 Å². The maximum Gasteiger partial charge on any atom is 0.270 e. The summed E-state index contributed by atoms with van der Waals surface area (Å²) in [5.41, 5.74) is 5.34. The molecule has 0 aromatic carbocycles. The number of thiazole rings is 1. The molecule has 9 heteroatoms. The monoisotopic (exact) mass is 319 g/mol. The van der Waals surface area contributed by atoms with Crippen LogP contribution in [0.5, 0.6) is 0 Å². The zero-order valence-corrected chi connectivity index (χ0v) is 12.7. The number of nitrogens with two attached hydrogens (primary N) is 1. The summed E-state index contributed by atoms with van der Waals surface area (Å²) >= 11 is 1.20. The molecule has 0 unspecified atom stereocenters. The number of halogens is 1. The standard InChI is InChI=1S/C11H17N5O2S.ClH/c1-13-11-15-7(8(12)17)10(19-11)16-9(18)6-4-2-3-5-14-6;/h6,14H,2-5H2,1H3,(H2,12,17)(H,13,15)(H,16,18);1H/t6-;/m0./s1. The zero-order chi connectivity index (χ0) is 13.8. The Hall–Kier alpha value is -1.38. The van der Waals surface area contributed by atoms with Gasteiger partial charge in [0.25, 0.3) is 5.91 Å². The second kappa shape index (κ2) is 7.41. The summed E-state index contributed by atoms with van der Waals surface area (Å²) in [5, 5.41) is 9.65. The quantitative estimate of drug-likeness (QED) is 0.656. The van der Waals surface area contributed by atoms with Crippen LogP contribution < -0.4 is 21.7 Å². The van der Waals surface area contributed by atoms with E-state index >= 15 is 0 Å². The van der Waals surface area contributed by atoms with Crippen LogP contribution in [-0.2, 0) is 4.79 Å². The summed E-state index contributed by atoms with van der Waals surface area (Å²) in [6.07, 6.45) is 2.91. The molecule has 7 nitrogen and oxygen atoms in total. The highest BCUT2D eigenvalue weighted by Gasteiger charge is 2.24. The number of nitrogens with one attached hydrogen (secondary N) is 3. The molecule has 0 saturated carbocycles. The first kappa shape index (κ1) is 16.7. The van der Waals surface area contributed by atoms with E-state index < -0.39 is 5.91 Å². The molecule has 20 heavy (non-hydrogen) atoms. The highest BCUT2D eigenvalue weighted by molar-refractivity contribution is 7.20. The lowest BCUT2D eigenvalue weighted by molar-refractivity contribution is -0.118. The van der Waals surface area contributed by atoms with Crippen molar-refractivity contribution < 1.29 is 9.59 Å². The van der Waals surface area contributed by atoms with Crippen molar-refractivity contribution in [3.05, 3.63) is 5.69 Å². The fraction of sp³-hybridized carbons (Fsp3) is 0.545. The van der Waals surface area contributed by atoms with E-state index in [-0.39, 0.29) is 30.0 Å². The van der Waals surface area contributed by atoms with Crippen LogP contribution in [0.2, 0.25) is 0 Å². The van der Waals surface area contributed by atoms with Crippen molar-refractivity contribution in [2.24, 2.45) is 5.73 Å². The summed E-state index contributed by atoms with van der Waals surface area (Å²) in [6.45, 7) is 0.839. The van der Waals surface area contributed by atoms with E-state index in [1.807, 2.05) is 0 Å². The van der Waals surface area contributed by atoms with E-state index in [4.69, 9.17) is 5.73 Å². The Balaban J connectivity index is 0.00000200. The van der Waals surface area contributed by atoms with Crippen LogP contribution >= 0.6 is 23.7 Å². The number of nitrogens with zero attached hydrogens (tertiary/aromatic N) is 1. The molecular weight excluding hydrogens is 302 g/mol. The Morgan fingerprint density at radius 2 is 2.20 bits per heavy atom. The molecule has 1 aromatic heterocycles. The van der Waals surface area contributed by atoms with Crippen LogP contribution in [0, 0.1) is 0 Å². The molecule has 5 N–H and O–H groups in total. The number of carbonyl (C=O) groups is 2. The van der Waals surface area contributed by atoms with Gasteiger partial charge in [0, 0.05) is 7.05 Å². The number of hydrogen-bond donors (Lipinski definition) is 4. The Bertz CT molecular complexity index is 487. The van der Waals surface area contributed by atoms with E-state index in [1.54, 1.807) is 7.05 Å². The Morgan fingerprint density at radius 3 is 2.75 bits per heavy atom. The van der Waals surface area contributed by atoms with Gasteiger partial charge in [-0.2, -0.15) is 0 Å². The molecule has 1 aromatic rings. The molecule has 0 radical (unpaired) electrons. The number of amides is 2. The highest BCUT2D eigenvalue weighted by atomic mass is 35.5. The topological polar surface area (TPSA) is 109 Å². The third-order valence-corrected chi connectivity index (χ3v) is 3.93. The van der Waals surface area contributed by atoms with Gasteiger partial charge in [-0.1, -0.05) is 17.8 Å². The van der Waals surface area contributed by atoms with E-state index in [0.717, 1.165) is 25.8 Å². The fourth-order valence-electron chi connectivity index (χ4n) is 1.95. The Kier molecular flexibility index (Phi) is 6.18. The average Bonchev–Trinajstić information content (AvgIpc) is 2.83. The average molecular weight is 320 g/mol. The van der Waals surface area contributed by atoms with Crippen LogP contribution in [-0.4, -0.2) is 36.4 Å². The molecule has 2 rings (SSSR count). The molecule has 1 aliphatic rings. The van der Waals surface area contributed by atoms with Crippen LogP contribution in [0.3, 0.4) is 0 Å². The van der Waals surface area contributed by atoms with Gasteiger partial charge < -0.3 is 21.7 Å². The number of aromatic nitrogens is 1. The second-order valence-electron chi connectivity index (χ2n) is 4.30. The van der Waals surface area contributed by atoms with Crippen molar-refractivity contribution in [2.45, 2.75) is 25.3 Å². The summed E-state index contributed by atoms with van der Waals surface area (Å²) in [4.78, 5) is 27.4. The van der Waals surface area contributed by atoms with Gasteiger partial charge in [-0.05, 0) is 19.4 Å². The van der Waals surface area contributed by atoms with Crippen LogP contribution in [0.1, 0.15) is 29.8 Å². The molecule has 0 aliphatic carbocycles. The molecule has 0 bridgehead atoms. The van der Waals surface area contributed by atoms with E-state index in [0.29, 0.717) is 10.1 Å². The van der Waals surface area contributed by atoms with Crippen molar-refractivity contribution in [1.29, 1.82) is 0 Å². The number of rotatable bonds is 4. The number of hydrogen-bond acceptors (Lipinski definition) is 6. The number of piperidine rings is 1. The predicted octanol–water partition coefficient (Wildman–Crippen LogP) is 0.786. The Labute approximate surface area is 127 Å². The minimum atomic E-state index is -0.648. The van der Waals surface area contributed by atoms with E-state index in [1.165, 1.54) is 11.3 Å². The minimum Gasteiger partial charge on any atom is -0.365 e. The maximum atomic E-state index is 12.1. The second-order valence-corrected chi connectivity index (χ2v) is 5.30. The lowest BCUT2D eigenvalue weighted by Crippen LogP contribution is -2.43. The van der Waals surface area contributed by atoms with Crippen molar-refractivity contribution >= 4 is 45.7 Å². The molecule has 112 valence electrons. The zero-order valence-electron chi connectivity index (χ0n) is 11.1. The summed E-state index contributed by atoms with van der Waals surface area (Å²) in [5.74, 6) is -0.793. The number of carbonyl (C=O) groups excluding carboxylic acids is 2.